The van der Waals surface area contributed by atoms with Crippen LogP contribution < -0.4 is 4.90 Å². The first kappa shape index (κ1) is 14.9. The van der Waals surface area contributed by atoms with Crippen molar-refractivity contribution >= 4 is 23.4 Å². The Hall–Kier alpha value is -1.46. The van der Waals surface area contributed by atoms with Gasteiger partial charge in [-0.15, -0.1) is 0 Å². The maximum Gasteiger partial charge on any atom is 0.409 e. The SMILES string of the molecule is CCOC(=O)N1CCN(c2cc(Cl)ccc2CO)CC1. The molecular weight excluding hydrogens is 280 g/mol. The molecule has 2 rings (SSSR count). The Morgan fingerprint density at radius 1 is 1.35 bits per heavy atom. The predicted octanol–water partition coefficient (Wildman–Crippen LogP) is 2.11. The van der Waals surface area contributed by atoms with Crippen LogP contribution in [0.1, 0.15) is 12.5 Å². The number of anilines is 1. The van der Waals surface area contributed by atoms with Crippen LogP contribution in [0.3, 0.4) is 0 Å². The molecule has 1 N–H and O–H groups in total. The van der Waals surface area contributed by atoms with Crippen molar-refractivity contribution < 1.29 is 14.6 Å². The number of rotatable bonds is 3. The fourth-order valence-corrected chi connectivity index (χ4v) is 2.48. The number of halogens is 1. The van der Waals surface area contributed by atoms with Crippen molar-refractivity contribution in [2.24, 2.45) is 0 Å². The number of piperazine rings is 1. The summed E-state index contributed by atoms with van der Waals surface area (Å²) in [6.45, 7) is 4.78. The third-order valence-electron chi connectivity index (χ3n) is 3.36. The normalized spacial score (nSPS) is 15.3. The lowest BCUT2D eigenvalue weighted by Crippen LogP contribution is -2.49. The van der Waals surface area contributed by atoms with Gasteiger partial charge in [-0.05, 0) is 19.1 Å². The van der Waals surface area contributed by atoms with Gasteiger partial charge in [0.15, 0.2) is 0 Å². The van der Waals surface area contributed by atoms with Gasteiger partial charge in [-0.1, -0.05) is 17.7 Å². The zero-order valence-corrected chi connectivity index (χ0v) is 12.3. The number of hydrogen-bond acceptors (Lipinski definition) is 4. The average molecular weight is 299 g/mol. The van der Waals surface area contributed by atoms with E-state index in [0.29, 0.717) is 37.8 Å². The lowest BCUT2D eigenvalue weighted by Gasteiger charge is -2.36. The molecule has 6 heteroatoms. The minimum absolute atomic E-state index is 0.0232. The molecule has 1 amide bonds. The number of benzene rings is 1. The average Bonchev–Trinajstić information content (AvgIpc) is 2.47. The Morgan fingerprint density at radius 2 is 2.05 bits per heavy atom. The van der Waals surface area contributed by atoms with E-state index in [1.165, 1.54) is 0 Å². The fraction of sp³-hybridized carbons (Fsp3) is 0.500. The highest BCUT2D eigenvalue weighted by molar-refractivity contribution is 6.30. The molecule has 0 aromatic heterocycles. The second-order valence-corrected chi connectivity index (χ2v) is 5.04. The van der Waals surface area contributed by atoms with Gasteiger partial charge in [0.25, 0.3) is 0 Å². The summed E-state index contributed by atoms with van der Waals surface area (Å²) < 4.78 is 4.99. The number of hydrogen-bond donors (Lipinski definition) is 1. The van der Waals surface area contributed by atoms with Gasteiger partial charge in [0.1, 0.15) is 0 Å². The van der Waals surface area contributed by atoms with Crippen molar-refractivity contribution in [3.8, 4) is 0 Å². The van der Waals surface area contributed by atoms with Crippen molar-refractivity contribution in [1.82, 2.24) is 4.90 Å². The standard InChI is InChI=1S/C14H19ClN2O3/c1-2-20-14(19)17-7-5-16(6-8-17)13-9-12(15)4-3-11(13)10-18/h3-4,9,18H,2,5-8,10H2,1H3. The van der Waals surface area contributed by atoms with Gasteiger partial charge in [0.2, 0.25) is 0 Å². The van der Waals surface area contributed by atoms with Crippen molar-refractivity contribution in [3.05, 3.63) is 28.8 Å². The zero-order valence-electron chi connectivity index (χ0n) is 11.5. The molecule has 0 atom stereocenters. The van der Waals surface area contributed by atoms with Crippen LogP contribution >= 0.6 is 11.6 Å². The molecule has 1 fully saturated rings. The number of amides is 1. The Balaban J connectivity index is 2.03. The second-order valence-electron chi connectivity index (χ2n) is 4.60. The minimum Gasteiger partial charge on any atom is -0.450 e. The van der Waals surface area contributed by atoms with E-state index in [1.54, 1.807) is 17.9 Å². The number of aliphatic hydroxyl groups excluding tert-OH is 1. The summed E-state index contributed by atoms with van der Waals surface area (Å²) in [5.74, 6) is 0. The minimum atomic E-state index is -0.263. The van der Waals surface area contributed by atoms with Gasteiger partial charge < -0.3 is 19.6 Å². The maximum atomic E-state index is 11.6. The molecule has 1 aliphatic rings. The van der Waals surface area contributed by atoms with Crippen LogP contribution in [0.2, 0.25) is 5.02 Å². The molecule has 110 valence electrons. The summed E-state index contributed by atoms with van der Waals surface area (Å²) in [4.78, 5) is 15.5. The van der Waals surface area contributed by atoms with Crippen LogP contribution in [0.15, 0.2) is 18.2 Å². The lowest BCUT2D eigenvalue weighted by atomic mass is 10.1. The van der Waals surface area contributed by atoms with Gasteiger partial charge in [-0.2, -0.15) is 0 Å². The molecular formula is C14H19ClN2O3. The number of carbonyl (C=O) groups is 1. The van der Waals surface area contributed by atoms with Crippen LogP contribution in [-0.4, -0.2) is 48.9 Å². The van der Waals surface area contributed by atoms with Crippen molar-refractivity contribution in [2.75, 3.05) is 37.7 Å². The third kappa shape index (κ3) is 3.35. The quantitative estimate of drug-likeness (QED) is 0.928. The number of ether oxygens (including phenoxy) is 1. The van der Waals surface area contributed by atoms with Crippen molar-refractivity contribution in [2.45, 2.75) is 13.5 Å². The second kappa shape index (κ2) is 6.81. The van der Waals surface area contributed by atoms with E-state index in [4.69, 9.17) is 16.3 Å². The van der Waals surface area contributed by atoms with Crippen molar-refractivity contribution in [1.29, 1.82) is 0 Å². The van der Waals surface area contributed by atoms with E-state index in [9.17, 15) is 9.90 Å². The Labute approximate surface area is 123 Å². The molecule has 0 spiro atoms. The fourth-order valence-electron chi connectivity index (χ4n) is 2.31. The first-order chi connectivity index (χ1) is 9.65. The van der Waals surface area contributed by atoms with E-state index in [1.807, 2.05) is 12.1 Å². The molecule has 1 aromatic carbocycles. The summed E-state index contributed by atoms with van der Waals surface area (Å²) in [7, 11) is 0. The van der Waals surface area contributed by atoms with Crippen LogP contribution in [0, 0.1) is 0 Å². The molecule has 20 heavy (non-hydrogen) atoms. The van der Waals surface area contributed by atoms with Crippen LogP contribution in [0.5, 0.6) is 0 Å². The largest absolute Gasteiger partial charge is 0.450 e. The monoisotopic (exact) mass is 298 g/mol. The lowest BCUT2D eigenvalue weighted by molar-refractivity contribution is 0.105. The summed E-state index contributed by atoms with van der Waals surface area (Å²) in [5, 5.41) is 10.0. The van der Waals surface area contributed by atoms with Crippen LogP contribution in [-0.2, 0) is 11.3 Å². The molecule has 0 aliphatic carbocycles. The summed E-state index contributed by atoms with van der Waals surface area (Å²) in [6.07, 6.45) is -0.263. The van der Waals surface area contributed by atoms with E-state index in [0.717, 1.165) is 11.3 Å². The summed E-state index contributed by atoms with van der Waals surface area (Å²) >= 11 is 6.02. The third-order valence-corrected chi connectivity index (χ3v) is 3.60. The van der Waals surface area contributed by atoms with Crippen LogP contribution in [0.25, 0.3) is 0 Å². The molecule has 1 aromatic rings. The number of carbonyl (C=O) groups excluding carboxylic acids is 1. The molecule has 0 unspecified atom stereocenters. The Kier molecular flexibility index (Phi) is 5.09. The molecule has 0 saturated carbocycles. The number of aliphatic hydroxyl groups is 1. The van der Waals surface area contributed by atoms with Gasteiger partial charge in [0.05, 0.1) is 13.2 Å². The molecule has 1 saturated heterocycles. The van der Waals surface area contributed by atoms with E-state index >= 15 is 0 Å². The van der Waals surface area contributed by atoms with Gasteiger partial charge in [-0.3, -0.25) is 0 Å². The topological polar surface area (TPSA) is 53.0 Å². The van der Waals surface area contributed by atoms with E-state index < -0.39 is 0 Å². The zero-order chi connectivity index (χ0) is 14.5. The summed E-state index contributed by atoms with van der Waals surface area (Å²) in [5.41, 5.74) is 1.78. The van der Waals surface area contributed by atoms with Crippen LogP contribution in [0.4, 0.5) is 10.5 Å². The first-order valence-corrected chi connectivity index (χ1v) is 7.09. The first-order valence-electron chi connectivity index (χ1n) is 6.71. The van der Waals surface area contributed by atoms with E-state index in [2.05, 4.69) is 4.90 Å². The number of nitrogens with zero attached hydrogens (tertiary/aromatic N) is 2. The highest BCUT2D eigenvalue weighted by atomic mass is 35.5. The van der Waals surface area contributed by atoms with Gasteiger partial charge in [-0.25, -0.2) is 4.79 Å². The van der Waals surface area contributed by atoms with Crippen molar-refractivity contribution in [3.63, 3.8) is 0 Å². The maximum absolute atomic E-state index is 11.6. The van der Waals surface area contributed by atoms with Gasteiger partial charge in [0, 0.05) is 42.5 Å². The Morgan fingerprint density at radius 3 is 2.65 bits per heavy atom. The molecule has 1 heterocycles. The highest BCUT2D eigenvalue weighted by Gasteiger charge is 2.23. The summed E-state index contributed by atoms with van der Waals surface area (Å²) in [6, 6.07) is 5.45. The molecule has 1 aliphatic heterocycles. The highest BCUT2D eigenvalue weighted by Crippen LogP contribution is 2.26. The van der Waals surface area contributed by atoms with E-state index in [-0.39, 0.29) is 12.7 Å². The predicted molar refractivity (Wildman–Crippen MR) is 78.2 cm³/mol. The van der Waals surface area contributed by atoms with Gasteiger partial charge >= 0.3 is 6.09 Å². The molecule has 0 bridgehead atoms. The Bertz CT molecular complexity index is 473. The molecule has 5 nitrogen and oxygen atoms in total. The molecule has 0 radical (unpaired) electrons. The smallest absolute Gasteiger partial charge is 0.409 e.